The van der Waals surface area contributed by atoms with Crippen LogP contribution in [-0.2, 0) is 17.8 Å². The van der Waals surface area contributed by atoms with E-state index in [-0.39, 0.29) is 24.8 Å². The molecule has 2 rings (SSSR count). The Bertz CT molecular complexity index is 638. The lowest BCUT2D eigenvalue weighted by Gasteiger charge is -2.23. The van der Waals surface area contributed by atoms with Gasteiger partial charge < -0.3 is 15.4 Å². The number of nitrogens with zero attached hydrogens (tertiary/aromatic N) is 1. The molecule has 27 heavy (non-hydrogen) atoms. The van der Waals surface area contributed by atoms with E-state index in [4.69, 9.17) is 4.74 Å². The van der Waals surface area contributed by atoms with Gasteiger partial charge in [-0.2, -0.15) is 0 Å². The molecule has 0 aliphatic carbocycles. The first-order chi connectivity index (χ1) is 13.1. The number of nitrogens with one attached hydrogen (secondary N) is 2. The summed E-state index contributed by atoms with van der Waals surface area (Å²) in [5, 5.41) is 9.38. The molecule has 0 fully saturated rings. The highest BCUT2D eigenvalue weighted by molar-refractivity contribution is 7.10. The van der Waals surface area contributed by atoms with Crippen LogP contribution in [0.1, 0.15) is 35.9 Å². The standard InChI is InChI=1S/C19H27N3O3S2/c1-3-4-7-15(21-18(23)20-2)14-25-19(24)22(12-16-8-5-10-26-16)13-17-9-6-11-27-17/h5-6,8-11,15H,3-4,7,12-14H2,1-2H3,(H2,20,21,23). The van der Waals surface area contributed by atoms with Gasteiger partial charge in [0.2, 0.25) is 0 Å². The summed E-state index contributed by atoms with van der Waals surface area (Å²) >= 11 is 3.23. The van der Waals surface area contributed by atoms with Gasteiger partial charge in [-0.25, -0.2) is 9.59 Å². The first-order valence-electron chi connectivity index (χ1n) is 9.07. The molecular formula is C19H27N3O3S2. The van der Waals surface area contributed by atoms with E-state index in [2.05, 4.69) is 17.6 Å². The lowest BCUT2D eigenvalue weighted by Crippen LogP contribution is -2.44. The maximum absolute atomic E-state index is 12.7. The zero-order valence-electron chi connectivity index (χ0n) is 15.8. The number of carbonyl (C=O) groups excluding carboxylic acids is 2. The Morgan fingerprint density at radius 3 is 2.26 bits per heavy atom. The van der Waals surface area contributed by atoms with E-state index >= 15 is 0 Å². The fraction of sp³-hybridized carbons (Fsp3) is 0.474. The average molecular weight is 410 g/mol. The second-order valence-corrected chi connectivity index (χ2v) is 8.22. The van der Waals surface area contributed by atoms with Crippen LogP contribution in [0.5, 0.6) is 0 Å². The molecule has 2 aromatic rings. The van der Waals surface area contributed by atoms with Gasteiger partial charge >= 0.3 is 12.1 Å². The smallest absolute Gasteiger partial charge is 0.410 e. The Balaban J connectivity index is 1.96. The number of rotatable bonds is 10. The van der Waals surface area contributed by atoms with Gasteiger partial charge in [0.25, 0.3) is 0 Å². The van der Waals surface area contributed by atoms with Gasteiger partial charge in [0.05, 0.1) is 19.1 Å². The second kappa shape index (κ2) is 11.6. The van der Waals surface area contributed by atoms with Crippen LogP contribution in [0.25, 0.3) is 0 Å². The van der Waals surface area contributed by atoms with Crippen molar-refractivity contribution < 1.29 is 14.3 Å². The largest absolute Gasteiger partial charge is 0.447 e. The third-order valence-electron chi connectivity index (χ3n) is 3.99. The van der Waals surface area contributed by atoms with E-state index in [1.807, 2.05) is 35.0 Å². The van der Waals surface area contributed by atoms with Crippen LogP contribution in [-0.4, -0.2) is 36.7 Å². The molecule has 0 aliphatic heterocycles. The van der Waals surface area contributed by atoms with Crippen molar-refractivity contribution in [3.05, 3.63) is 44.8 Å². The first kappa shape index (κ1) is 21.2. The monoisotopic (exact) mass is 409 g/mol. The predicted octanol–water partition coefficient (Wildman–Crippen LogP) is 4.44. The number of ether oxygens (including phenoxy) is 1. The predicted molar refractivity (Wildman–Crippen MR) is 110 cm³/mol. The van der Waals surface area contributed by atoms with Crippen molar-refractivity contribution in [1.29, 1.82) is 0 Å². The summed E-state index contributed by atoms with van der Waals surface area (Å²) in [5.41, 5.74) is 0. The normalized spacial score (nSPS) is 11.6. The van der Waals surface area contributed by atoms with Crippen LogP contribution in [0, 0.1) is 0 Å². The molecule has 0 bridgehead atoms. The highest BCUT2D eigenvalue weighted by atomic mass is 32.1. The average Bonchev–Trinajstić information content (AvgIpc) is 3.37. The van der Waals surface area contributed by atoms with E-state index < -0.39 is 0 Å². The molecule has 3 amide bonds. The molecule has 0 saturated carbocycles. The van der Waals surface area contributed by atoms with Crippen molar-refractivity contribution in [3.8, 4) is 0 Å². The summed E-state index contributed by atoms with van der Waals surface area (Å²) in [6, 6.07) is 7.51. The number of thiophene rings is 2. The first-order valence-corrected chi connectivity index (χ1v) is 10.8. The minimum absolute atomic E-state index is 0.164. The van der Waals surface area contributed by atoms with E-state index in [0.717, 1.165) is 29.0 Å². The minimum Gasteiger partial charge on any atom is -0.447 e. The third kappa shape index (κ3) is 7.60. The maximum Gasteiger partial charge on any atom is 0.410 e. The van der Waals surface area contributed by atoms with Crippen molar-refractivity contribution in [1.82, 2.24) is 15.5 Å². The van der Waals surface area contributed by atoms with Crippen LogP contribution in [0.15, 0.2) is 35.0 Å². The van der Waals surface area contributed by atoms with Gasteiger partial charge in [0, 0.05) is 16.8 Å². The molecule has 8 heteroatoms. The van der Waals surface area contributed by atoms with Gasteiger partial charge in [0.1, 0.15) is 6.61 Å². The zero-order valence-corrected chi connectivity index (χ0v) is 17.4. The van der Waals surface area contributed by atoms with Gasteiger partial charge in [-0.3, -0.25) is 4.90 Å². The number of amides is 3. The Morgan fingerprint density at radius 1 is 1.15 bits per heavy atom. The molecule has 0 radical (unpaired) electrons. The molecule has 2 N–H and O–H groups in total. The second-order valence-electron chi connectivity index (χ2n) is 6.15. The molecule has 2 aromatic heterocycles. The molecular weight excluding hydrogens is 382 g/mol. The van der Waals surface area contributed by atoms with Crippen LogP contribution in [0.4, 0.5) is 9.59 Å². The van der Waals surface area contributed by atoms with Gasteiger partial charge in [-0.1, -0.05) is 31.9 Å². The van der Waals surface area contributed by atoms with Crippen molar-refractivity contribution >= 4 is 34.8 Å². The molecule has 0 aromatic carbocycles. The quantitative estimate of drug-likeness (QED) is 0.610. The highest BCUT2D eigenvalue weighted by Crippen LogP contribution is 2.18. The number of hydrogen-bond acceptors (Lipinski definition) is 5. The molecule has 2 heterocycles. The molecule has 0 aliphatic rings. The zero-order chi connectivity index (χ0) is 19.5. The molecule has 148 valence electrons. The van der Waals surface area contributed by atoms with Crippen LogP contribution in [0.2, 0.25) is 0 Å². The summed E-state index contributed by atoms with van der Waals surface area (Å²) in [5.74, 6) is 0. The summed E-state index contributed by atoms with van der Waals surface area (Å²) in [6.07, 6.45) is 2.38. The summed E-state index contributed by atoms with van der Waals surface area (Å²) in [4.78, 5) is 28.2. The van der Waals surface area contributed by atoms with E-state index in [9.17, 15) is 9.59 Å². The number of urea groups is 1. The fourth-order valence-corrected chi connectivity index (χ4v) is 3.97. The highest BCUT2D eigenvalue weighted by Gasteiger charge is 2.20. The SMILES string of the molecule is CCCCC(COC(=O)N(Cc1cccs1)Cc1cccs1)NC(=O)NC. The van der Waals surface area contributed by atoms with E-state index in [1.165, 1.54) is 0 Å². The van der Waals surface area contributed by atoms with E-state index in [1.54, 1.807) is 34.6 Å². The third-order valence-corrected chi connectivity index (χ3v) is 5.71. The van der Waals surface area contributed by atoms with Gasteiger partial charge in [-0.15, -0.1) is 22.7 Å². The Labute approximate surface area is 168 Å². The van der Waals surface area contributed by atoms with Crippen molar-refractivity contribution in [2.24, 2.45) is 0 Å². The van der Waals surface area contributed by atoms with Crippen LogP contribution >= 0.6 is 22.7 Å². The molecule has 0 spiro atoms. The fourth-order valence-electron chi connectivity index (χ4n) is 2.53. The van der Waals surface area contributed by atoms with Crippen LogP contribution < -0.4 is 10.6 Å². The topological polar surface area (TPSA) is 70.7 Å². The maximum atomic E-state index is 12.7. The van der Waals surface area contributed by atoms with Crippen molar-refractivity contribution in [2.45, 2.75) is 45.3 Å². The Hall–Kier alpha value is -2.06. The number of carbonyl (C=O) groups is 2. The minimum atomic E-state index is -0.364. The van der Waals surface area contributed by atoms with Gasteiger partial charge in [0.15, 0.2) is 0 Å². The number of hydrogen-bond donors (Lipinski definition) is 2. The lowest BCUT2D eigenvalue weighted by molar-refractivity contribution is 0.0881. The summed E-state index contributed by atoms with van der Waals surface area (Å²) in [6.45, 7) is 3.28. The molecule has 1 unspecified atom stereocenters. The molecule has 0 saturated heterocycles. The summed E-state index contributed by atoms with van der Waals surface area (Å²) in [7, 11) is 1.57. The Kier molecular flexibility index (Phi) is 9.13. The molecule has 1 atom stereocenters. The van der Waals surface area contributed by atoms with Gasteiger partial charge in [-0.05, 0) is 29.3 Å². The van der Waals surface area contributed by atoms with Crippen LogP contribution in [0.3, 0.4) is 0 Å². The summed E-state index contributed by atoms with van der Waals surface area (Å²) < 4.78 is 5.56. The number of unbranched alkanes of at least 4 members (excludes halogenated alkanes) is 1. The Morgan fingerprint density at radius 2 is 1.78 bits per heavy atom. The lowest BCUT2D eigenvalue weighted by atomic mass is 10.1. The van der Waals surface area contributed by atoms with Crippen molar-refractivity contribution in [3.63, 3.8) is 0 Å². The molecule has 6 nitrogen and oxygen atoms in total. The van der Waals surface area contributed by atoms with Crippen molar-refractivity contribution in [2.75, 3.05) is 13.7 Å². The van der Waals surface area contributed by atoms with E-state index in [0.29, 0.717) is 13.1 Å².